The number of halogens is 1. The van der Waals surface area contributed by atoms with Crippen LogP contribution in [0.5, 0.6) is 0 Å². The highest BCUT2D eigenvalue weighted by Gasteiger charge is 2.25. The van der Waals surface area contributed by atoms with Gasteiger partial charge in [-0.05, 0) is 29.7 Å². The van der Waals surface area contributed by atoms with Gasteiger partial charge in [0, 0.05) is 23.0 Å². The number of benzene rings is 1. The Bertz CT molecular complexity index is 633. The third kappa shape index (κ3) is 2.68. The van der Waals surface area contributed by atoms with Crippen LogP contribution in [-0.4, -0.2) is 14.7 Å². The zero-order valence-electron chi connectivity index (χ0n) is 11.7. The quantitative estimate of drug-likeness (QED) is 0.463. The van der Waals surface area contributed by atoms with Gasteiger partial charge in [-0.3, -0.25) is 15.1 Å². The lowest BCUT2D eigenvalue weighted by molar-refractivity contribution is -0.383. The summed E-state index contributed by atoms with van der Waals surface area (Å²) in [6.07, 6.45) is 1.69. The highest BCUT2D eigenvalue weighted by Crippen LogP contribution is 2.37. The molecule has 106 valence electrons. The largest absolute Gasteiger partial charge is 0.278 e. The minimum Gasteiger partial charge on any atom is -0.258 e. The molecule has 0 spiro atoms. The number of rotatable bonds is 4. The summed E-state index contributed by atoms with van der Waals surface area (Å²) in [6.45, 7) is 6.40. The molecule has 2 atom stereocenters. The van der Waals surface area contributed by atoms with Crippen molar-refractivity contribution in [3.05, 3.63) is 46.1 Å². The molecule has 5 heteroatoms. The van der Waals surface area contributed by atoms with E-state index in [2.05, 4.69) is 41.7 Å². The molecule has 0 N–H and O–H groups in total. The van der Waals surface area contributed by atoms with E-state index in [0.717, 1.165) is 11.1 Å². The molecule has 1 aromatic heterocycles. The van der Waals surface area contributed by atoms with Crippen molar-refractivity contribution in [2.24, 2.45) is 5.92 Å². The van der Waals surface area contributed by atoms with Crippen molar-refractivity contribution in [3.63, 3.8) is 0 Å². The highest BCUT2D eigenvalue weighted by atomic mass is 79.9. The van der Waals surface area contributed by atoms with E-state index < -0.39 is 0 Å². The summed E-state index contributed by atoms with van der Waals surface area (Å²) in [4.78, 5) is 15.4. The van der Waals surface area contributed by atoms with E-state index in [0.29, 0.717) is 11.3 Å². The van der Waals surface area contributed by atoms with E-state index >= 15 is 0 Å². The normalized spacial score (nSPS) is 14.4. The second-order valence-electron chi connectivity index (χ2n) is 5.28. The molecule has 0 bridgehead atoms. The topological polar surface area (TPSA) is 56.0 Å². The Morgan fingerprint density at radius 2 is 1.95 bits per heavy atom. The molecule has 2 unspecified atom stereocenters. The molecule has 0 saturated heterocycles. The summed E-state index contributed by atoms with van der Waals surface area (Å²) < 4.78 is 0. The van der Waals surface area contributed by atoms with Crippen LogP contribution < -0.4 is 0 Å². The average Bonchev–Trinajstić information content (AvgIpc) is 2.37. The number of hydrogen-bond donors (Lipinski definition) is 0. The fourth-order valence-electron chi connectivity index (χ4n) is 2.74. The predicted octanol–water partition coefficient (Wildman–Crippen LogP) is 4.67. The first kappa shape index (κ1) is 14.9. The van der Waals surface area contributed by atoms with Crippen LogP contribution in [0, 0.1) is 16.0 Å². The summed E-state index contributed by atoms with van der Waals surface area (Å²) in [5.41, 5.74) is 1.90. The van der Waals surface area contributed by atoms with Crippen molar-refractivity contribution < 1.29 is 4.92 Å². The third-order valence-electron chi connectivity index (χ3n) is 3.55. The van der Waals surface area contributed by atoms with Gasteiger partial charge in [-0.2, -0.15) is 0 Å². The highest BCUT2D eigenvalue weighted by molar-refractivity contribution is 9.09. The van der Waals surface area contributed by atoms with Crippen molar-refractivity contribution in [1.82, 2.24) is 4.98 Å². The molecule has 2 aromatic rings. The first-order chi connectivity index (χ1) is 9.43. The van der Waals surface area contributed by atoms with Gasteiger partial charge in [0.15, 0.2) is 0 Å². The summed E-state index contributed by atoms with van der Waals surface area (Å²) in [5.74, 6) is 0.671. The van der Waals surface area contributed by atoms with Crippen LogP contribution in [-0.2, 0) is 0 Å². The number of nitro groups is 1. The lowest BCUT2D eigenvalue weighted by Crippen LogP contribution is -2.16. The van der Waals surface area contributed by atoms with Gasteiger partial charge in [-0.25, -0.2) is 0 Å². The van der Waals surface area contributed by atoms with Gasteiger partial charge in [0.1, 0.15) is 0 Å². The van der Waals surface area contributed by atoms with E-state index in [1.54, 1.807) is 24.4 Å². The Labute approximate surface area is 126 Å². The monoisotopic (exact) mass is 336 g/mol. The number of pyridine rings is 1. The second kappa shape index (κ2) is 5.87. The average molecular weight is 337 g/mol. The number of aromatic nitrogens is 1. The lowest BCUT2D eigenvalue weighted by Gasteiger charge is -2.25. The number of alkyl halides is 1. The van der Waals surface area contributed by atoms with Crippen molar-refractivity contribution in [2.45, 2.75) is 31.5 Å². The van der Waals surface area contributed by atoms with Gasteiger partial charge in [0.2, 0.25) is 0 Å². The molecule has 20 heavy (non-hydrogen) atoms. The standard InChI is InChI=1S/C15H17BrN2O2/c1-9(2)14(10(3)16)12-6-7-13(18(19)20)11-5-4-8-17-15(11)12/h4-10,14H,1-3H3. The maximum Gasteiger partial charge on any atom is 0.278 e. The molecule has 0 fully saturated rings. The molecular formula is C15H17BrN2O2. The maximum atomic E-state index is 11.1. The summed E-state index contributed by atoms with van der Waals surface area (Å²) >= 11 is 3.65. The Morgan fingerprint density at radius 3 is 2.50 bits per heavy atom. The van der Waals surface area contributed by atoms with E-state index in [4.69, 9.17) is 0 Å². The van der Waals surface area contributed by atoms with E-state index in [9.17, 15) is 10.1 Å². The first-order valence-electron chi connectivity index (χ1n) is 6.59. The molecular weight excluding hydrogens is 320 g/mol. The molecule has 0 aliphatic heterocycles. The number of nitrogens with zero attached hydrogens (tertiary/aromatic N) is 2. The Morgan fingerprint density at radius 1 is 1.25 bits per heavy atom. The van der Waals surface area contributed by atoms with E-state index in [1.165, 1.54) is 0 Å². The second-order valence-corrected chi connectivity index (χ2v) is 6.72. The zero-order chi connectivity index (χ0) is 14.9. The number of hydrogen-bond acceptors (Lipinski definition) is 3. The predicted molar refractivity (Wildman–Crippen MR) is 84.4 cm³/mol. The van der Waals surface area contributed by atoms with Gasteiger partial charge in [0.05, 0.1) is 15.8 Å². The van der Waals surface area contributed by atoms with Crippen LogP contribution in [0.15, 0.2) is 30.5 Å². The fourth-order valence-corrected chi connectivity index (χ4v) is 3.64. The van der Waals surface area contributed by atoms with Crippen LogP contribution in [0.25, 0.3) is 10.9 Å². The lowest BCUT2D eigenvalue weighted by atomic mass is 9.85. The smallest absolute Gasteiger partial charge is 0.258 e. The molecule has 0 radical (unpaired) electrons. The van der Waals surface area contributed by atoms with Crippen LogP contribution in [0.4, 0.5) is 5.69 Å². The summed E-state index contributed by atoms with van der Waals surface area (Å²) in [5, 5.41) is 11.7. The van der Waals surface area contributed by atoms with Crippen LogP contribution in [0.1, 0.15) is 32.3 Å². The summed E-state index contributed by atoms with van der Waals surface area (Å²) in [7, 11) is 0. The van der Waals surface area contributed by atoms with Gasteiger partial charge in [0.25, 0.3) is 5.69 Å². The minimum atomic E-state index is -0.351. The molecule has 0 saturated carbocycles. The fraction of sp³-hybridized carbons (Fsp3) is 0.400. The molecule has 0 amide bonds. The molecule has 0 aliphatic rings. The number of non-ortho nitro benzene ring substituents is 1. The Kier molecular flexibility index (Phi) is 4.38. The molecule has 0 aliphatic carbocycles. The third-order valence-corrected chi connectivity index (χ3v) is 4.12. The first-order valence-corrected chi connectivity index (χ1v) is 7.51. The van der Waals surface area contributed by atoms with Crippen molar-refractivity contribution in [2.75, 3.05) is 0 Å². The minimum absolute atomic E-state index is 0.113. The SMILES string of the molecule is CC(C)C(c1ccc([N+](=O)[O-])c2cccnc12)C(C)Br. The van der Waals surface area contributed by atoms with Crippen molar-refractivity contribution in [3.8, 4) is 0 Å². The van der Waals surface area contributed by atoms with Gasteiger partial charge in [-0.1, -0.05) is 36.7 Å². The van der Waals surface area contributed by atoms with Gasteiger partial charge in [-0.15, -0.1) is 0 Å². The van der Waals surface area contributed by atoms with Gasteiger partial charge >= 0.3 is 0 Å². The van der Waals surface area contributed by atoms with Crippen molar-refractivity contribution in [1.29, 1.82) is 0 Å². The zero-order valence-corrected chi connectivity index (χ0v) is 13.3. The molecule has 4 nitrogen and oxygen atoms in total. The Balaban J connectivity index is 2.73. The Hall–Kier alpha value is -1.49. The number of fused-ring (bicyclic) bond motifs is 1. The van der Waals surface area contributed by atoms with Crippen molar-refractivity contribution >= 4 is 32.5 Å². The maximum absolute atomic E-state index is 11.1. The summed E-state index contributed by atoms with van der Waals surface area (Å²) in [6, 6.07) is 6.93. The van der Waals surface area contributed by atoms with Crippen LogP contribution in [0.3, 0.4) is 0 Å². The molecule has 1 aromatic carbocycles. The van der Waals surface area contributed by atoms with Gasteiger partial charge < -0.3 is 0 Å². The molecule has 2 rings (SSSR count). The number of nitro benzene ring substituents is 1. The van der Waals surface area contributed by atoms with E-state index in [1.807, 2.05) is 6.07 Å². The van der Waals surface area contributed by atoms with Crippen LogP contribution >= 0.6 is 15.9 Å². The van der Waals surface area contributed by atoms with Crippen LogP contribution in [0.2, 0.25) is 0 Å². The molecule has 1 heterocycles. The van der Waals surface area contributed by atoms with E-state index in [-0.39, 0.29) is 21.4 Å².